The summed E-state index contributed by atoms with van der Waals surface area (Å²) < 4.78 is 38.6. The molecule has 1 atom stereocenters. The fourth-order valence-corrected chi connectivity index (χ4v) is 4.86. The van der Waals surface area contributed by atoms with E-state index in [4.69, 9.17) is 5.26 Å². The lowest BCUT2D eigenvalue weighted by Crippen LogP contribution is -2.50. The highest BCUT2D eigenvalue weighted by Crippen LogP contribution is 2.29. The van der Waals surface area contributed by atoms with Gasteiger partial charge in [-0.3, -0.25) is 24.2 Å². The summed E-state index contributed by atoms with van der Waals surface area (Å²) in [4.78, 5) is 43.6. The molecule has 212 valence electrons. The maximum absolute atomic E-state index is 12.9. The van der Waals surface area contributed by atoms with Gasteiger partial charge >= 0.3 is 6.18 Å². The second-order valence-corrected chi connectivity index (χ2v) is 9.94. The van der Waals surface area contributed by atoms with E-state index >= 15 is 0 Å². The predicted molar refractivity (Wildman–Crippen MR) is 140 cm³/mol. The fraction of sp³-hybridized carbons (Fsp3) is 0.429. The second-order valence-electron chi connectivity index (χ2n) is 9.94. The Morgan fingerprint density at radius 1 is 0.925 bits per heavy atom. The molecule has 4 rings (SSSR count). The first kappa shape index (κ1) is 29.0. The Labute approximate surface area is 230 Å². The Hall–Kier alpha value is -3.95. The number of hydrogen-bond donors (Lipinski definition) is 2. The molecule has 3 amide bonds. The summed E-state index contributed by atoms with van der Waals surface area (Å²) in [6.45, 7) is 5.62. The van der Waals surface area contributed by atoms with Crippen LogP contribution in [0.15, 0.2) is 48.5 Å². The number of piperazine rings is 1. The van der Waals surface area contributed by atoms with E-state index in [1.54, 1.807) is 24.3 Å². The Balaban J connectivity index is 1.12. The van der Waals surface area contributed by atoms with Gasteiger partial charge in [0, 0.05) is 69.5 Å². The number of carbonyl (C=O) groups is 3. The van der Waals surface area contributed by atoms with E-state index in [9.17, 15) is 27.6 Å². The van der Waals surface area contributed by atoms with Crippen LogP contribution in [-0.4, -0.2) is 97.4 Å². The van der Waals surface area contributed by atoms with Crippen LogP contribution in [0.3, 0.4) is 0 Å². The van der Waals surface area contributed by atoms with E-state index in [1.807, 2.05) is 11.0 Å². The van der Waals surface area contributed by atoms with Crippen LogP contribution in [-0.2, 0) is 11.0 Å². The Morgan fingerprint density at radius 3 is 2.30 bits per heavy atom. The highest BCUT2D eigenvalue weighted by Gasteiger charge is 2.31. The molecule has 0 aromatic heterocycles. The summed E-state index contributed by atoms with van der Waals surface area (Å²) in [5.74, 6) is -1.17. The molecule has 2 aliphatic heterocycles. The number of likely N-dealkylation sites (tertiary alicyclic amines) is 1. The number of benzene rings is 2. The summed E-state index contributed by atoms with van der Waals surface area (Å²) in [5.41, 5.74) is 0.0157. The summed E-state index contributed by atoms with van der Waals surface area (Å²) in [6, 6.07) is 12.7. The lowest BCUT2D eigenvalue weighted by Gasteiger charge is -2.35. The van der Waals surface area contributed by atoms with Crippen LogP contribution >= 0.6 is 0 Å². The van der Waals surface area contributed by atoms with Crippen LogP contribution in [0.5, 0.6) is 0 Å². The minimum atomic E-state index is -4.55. The molecule has 2 aliphatic rings. The van der Waals surface area contributed by atoms with Crippen molar-refractivity contribution >= 4 is 17.7 Å². The van der Waals surface area contributed by atoms with Crippen molar-refractivity contribution in [3.63, 3.8) is 0 Å². The van der Waals surface area contributed by atoms with E-state index in [2.05, 4.69) is 20.4 Å². The van der Waals surface area contributed by atoms with Gasteiger partial charge in [-0.15, -0.1) is 0 Å². The third-order valence-electron chi connectivity index (χ3n) is 7.15. The number of nitriles is 1. The minimum absolute atomic E-state index is 0.0340. The zero-order valence-electron chi connectivity index (χ0n) is 21.9. The topological polar surface area (TPSA) is 109 Å². The van der Waals surface area contributed by atoms with E-state index in [1.165, 1.54) is 6.07 Å². The molecule has 9 nitrogen and oxygen atoms in total. The molecule has 2 heterocycles. The first-order chi connectivity index (χ1) is 19.1. The van der Waals surface area contributed by atoms with Crippen molar-refractivity contribution in [1.82, 2.24) is 25.3 Å². The molecular formula is C28H31F3N6O3. The van der Waals surface area contributed by atoms with Crippen LogP contribution < -0.4 is 10.6 Å². The van der Waals surface area contributed by atoms with Gasteiger partial charge in [0.05, 0.1) is 23.7 Å². The van der Waals surface area contributed by atoms with Crippen molar-refractivity contribution in [2.75, 3.05) is 58.9 Å². The quantitative estimate of drug-likeness (QED) is 0.515. The lowest BCUT2D eigenvalue weighted by atomic mass is 10.1. The van der Waals surface area contributed by atoms with E-state index in [0.29, 0.717) is 30.8 Å². The number of hydrogen-bond acceptors (Lipinski definition) is 6. The number of rotatable bonds is 8. The van der Waals surface area contributed by atoms with Gasteiger partial charge in [-0.2, -0.15) is 18.4 Å². The van der Waals surface area contributed by atoms with Gasteiger partial charge in [0.15, 0.2) is 0 Å². The van der Waals surface area contributed by atoms with E-state index in [0.717, 1.165) is 57.3 Å². The zero-order valence-corrected chi connectivity index (χ0v) is 21.9. The molecule has 2 aromatic rings. The summed E-state index contributed by atoms with van der Waals surface area (Å²) in [6.07, 6.45) is -3.79. The number of carbonyl (C=O) groups excluding carboxylic acids is 3. The lowest BCUT2D eigenvalue weighted by molar-refractivity contribution is -0.137. The second kappa shape index (κ2) is 12.9. The molecule has 0 unspecified atom stereocenters. The number of nitrogens with zero attached hydrogens (tertiary/aromatic N) is 4. The molecule has 2 saturated heterocycles. The third kappa shape index (κ3) is 7.80. The van der Waals surface area contributed by atoms with Crippen molar-refractivity contribution in [3.8, 4) is 6.07 Å². The van der Waals surface area contributed by atoms with Crippen LogP contribution in [0.1, 0.15) is 38.3 Å². The third-order valence-corrected chi connectivity index (χ3v) is 7.15. The van der Waals surface area contributed by atoms with Crippen LogP contribution in [0.4, 0.5) is 13.2 Å². The highest BCUT2D eigenvalue weighted by molar-refractivity contribution is 5.96. The molecule has 12 heteroatoms. The molecule has 0 saturated carbocycles. The Morgan fingerprint density at radius 2 is 1.62 bits per heavy atom. The monoisotopic (exact) mass is 556 g/mol. The molecule has 0 bridgehead atoms. The van der Waals surface area contributed by atoms with Crippen LogP contribution in [0, 0.1) is 11.3 Å². The smallest absolute Gasteiger partial charge is 0.350 e. The number of halogens is 3. The van der Waals surface area contributed by atoms with Gasteiger partial charge in [0.2, 0.25) is 5.91 Å². The molecule has 2 aromatic carbocycles. The zero-order chi connectivity index (χ0) is 28.7. The summed E-state index contributed by atoms with van der Waals surface area (Å²) in [5, 5.41) is 14.2. The summed E-state index contributed by atoms with van der Waals surface area (Å²) in [7, 11) is 0. The fourth-order valence-electron chi connectivity index (χ4n) is 4.86. The molecule has 0 spiro atoms. The van der Waals surface area contributed by atoms with Gasteiger partial charge in [0.1, 0.15) is 0 Å². The molecule has 40 heavy (non-hydrogen) atoms. The normalized spacial score (nSPS) is 18.2. The predicted octanol–water partition coefficient (Wildman–Crippen LogP) is 1.96. The number of nitrogens with one attached hydrogen (secondary N) is 2. The van der Waals surface area contributed by atoms with Gasteiger partial charge in [-0.05, 0) is 48.9 Å². The Kier molecular flexibility index (Phi) is 9.39. The van der Waals surface area contributed by atoms with Gasteiger partial charge in [-0.25, -0.2) is 0 Å². The number of alkyl halides is 3. The molecule has 2 fully saturated rings. The molecule has 0 radical (unpaired) electrons. The van der Waals surface area contributed by atoms with Gasteiger partial charge in [-0.1, -0.05) is 6.07 Å². The van der Waals surface area contributed by atoms with Crippen molar-refractivity contribution < 1.29 is 27.6 Å². The van der Waals surface area contributed by atoms with Crippen LogP contribution in [0.2, 0.25) is 0 Å². The van der Waals surface area contributed by atoms with Crippen molar-refractivity contribution in [3.05, 3.63) is 70.8 Å². The largest absolute Gasteiger partial charge is 0.416 e. The van der Waals surface area contributed by atoms with Crippen molar-refractivity contribution in [2.24, 2.45) is 0 Å². The molecular weight excluding hydrogens is 525 g/mol. The molecule has 2 N–H and O–H groups in total. The first-order valence-electron chi connectivity index (χ1n) is 13.1. The van der Waals surface area contributed by atoms with E-state index < -0.39 is 23.6 Å². The average molecular weight is 557 g/mol. The minimum Gasteiger partial charge on any atom is -0.350 e. The van der Waals surface area contributed by atoms with Crippen LogP contribution in [0.25, 0.3) is 0 Å². The molecule has 0 aliphatic carbocycles. The maximum Gasteiger partial charge on any atom is 0.416 e. The first-order valence-corrected chi connectivity index (χ1v) is 13.1. The van der Waals surface area contributed by atoms with Gasteiger partial charge in [0.25, 0.3) is 11.8 Å². The average Bonchev–Trinajstić information content (AvgIpc) is 3.41. The highest BCUT2D eigenvalue weighted by atomic mass is 19.4. The van der Waals surface area contributed by atoms with Crippen molar-refractivity contribution in [2.45, 2.75) is 18.6 Å². The maximum atomic E-state index is 12.9. The number of amides is 3. The SMILES string of the molecule is N#Cc1ccc(C(=O)N2CCN(CCN3CC[C@@H](NC(=O)CNC(=O)c4cccc(C(F)(F)F)c4)C3)CC2)cc1. The van der Waals surface area contributed by atoms with E-state index in [-0.39, 0.29) is 24.1 Å². The summed E-state index contributed by atoms with van der Waals surface area (Å²) >= 11 is 0. The van der Waals surface area contributed by atoms with Crippen molar-refractivity contribution in [1.29, 1.82) is 5.26 Å². The van der Waals surface area contributed by atoms with Gasteiger partial charge < -0.3 is 15.5 Å². The Bertz CT molecular complexity index is 1250. The standard InChI is InChI=1S/C28H31F3N6O3/c29-28(30,31)23-3-1-2-22(16-23)26(39)33-18-25(38)34-24-8-9-36(19-24)11-10-35-12-14-37(15-13-35)27(40)21-6-4-20(17-32)5-7-21/h1-7,16,24H,8-15,18-19H2,(H,33,39)(H,34,38)/t24-/m1/s1.